The van der Waals surface area contributed by atoms with E-state index in [1.807, 2.05) is 0 Å². The van der Waals surface area contributed by atoms with Gasteiger partial charge in [0.25, 0.3) is 0 Å². The molecule has 5 heteroatoms. The summed E-state index contributed by atoms with van der Waals surface area (Å²) in [6.07, 6.45) is 1.38. The lowest BCUT2D eigenvalue weighted by Crippen LogP contribution is -2.22. The lowest BCUT2D eigenvalue weighted by Gasteiger charge is -2.16. The molecule has 23 heavy (non-hydrogen) atoms. The number of hydrogen-bond donors (Lipinski definition) is 0. The van der Waals surface area contributed by atoms with Crippen LogP contribution in [0.3, 0.4) is 0 Å². The normalized spacial score (nSPS) is 15.1. The number of fused-ring (bicyclic) bond motifs is 1. The largest absolute Gasteiger partial charge is 0.465 e. The van der Waals surface area contributed by atoms with E-state index in [2.05, 4.69) is 0 Å². The monoisotopic (exact) mass is 308 g/mol. The average molecular weight is 308 g/mol. The number of methoxy groups -OCH3 is 1. The molecule has 0 saturated carbocycles. The number of hydrogen-bond acceptors (Lipinski definition) is 5. The second-order valence-corrected chi connectivity index (χ2v) is 4.85. The standard InChI is InChI=1S/C18H12O5/c1-22-17(20)12-7-3-2-6-11(12)10-15-16(19)13-8-4-5-9-14(13)18(21)23-15/h2-10H,1H3/b15-10-. The van der Waals surface area contributed by atoms with E-state index in [0.717, 1.165) is 0 Å². The molecule has 5 nitrogen and oxygen atoms in total. The minimum Gasteiger partial charge on any atom is -0.465 e. The zero-order valence-electron chi connectivity index (χ0n) is 12.2. The Morgan fingerprint density at radius 3 is 2.39 bits per heavy atom. The lowest BCUT2D eigenvalue weighted by molar-refractivity contribution is 0.0567. The van der Waals surface area contributed by atoms with Crippen molar-refractivity contribution in [2.75, 3.05) is 7.11 Å². The van der Waals surface area contributed by atoms with Crippen LogP contribution in [0, 0.1) is 0 Å². The van der Waals surface area contributed by atoms with E-state index in [4.69, 9.17) is 9.47 Å². The van der Waals surface area contributed by atoms with Crippen LogP contribution in [0.4, 0.5) is 0 Å². The molecule has 1 heterocycles. The number of cyclic esters (lactones) is 1. The predicted molar refractivity (Wildman–Crippen MR) is 81.9 cm³/mol. The second-order valence-electron chi connectivity index (χ2n) is 4.85. The zero-order valence-corrected chi connectivity index (χ0v) is 12.2. The average Bonchev–Trinajstić information content (AvgIpc) is 2.59. The first-order valence-corrected chi connectivity index (χ1v) is 6.87. The molecular formula is C18H12O5. The molecule has 1 aliphatic rings. The number of ether oxygens (including phenoxy) is 2. The number of ketones is 1. The molecule has 0 N–H and O–H groups in total. The van der Waals surface area contributed by atoms with Gasteiger partial charge >= 0.3 is 11.9 Å². The minimum atomic E-state index is -0.595. The highest BCUT2D eigenvalue weighted by atomic mass is 16.5. The Balaban J connectivity index is 2.07. The number of Topliss-reactive ketones (excluding diaryl/α,β-unsaturated/α-hetero) is 1. The predicted octanol–water partition coefficient (Wildman–Crippen LogP) is 2.87. The third-order valence-electron chi connectivity index (χ3n) is 3.47. The second kappa shape index (κ2) is 5.88. The molecule has 1 aliphatic heterocycles. The molecular weight excluding hydrogens is 296 g/mol. The number of esters is 2. The summed E-state index contributed by atoms with van der Waals surface area (Å²) >= 11 is 0. The summed E-state index contributed by atoms with van der Waals surface area (Å²) in [6, 6.07) is 13.0. The molecule has 0 radical (unpaired) electrons. The Bertz CT molecular complexity index is 848. The first-order valence-electron chi connectivity index (χ1n) is 6.87. The van der Waals surface area contributed by atoms with Crippen molar-refractivity contribution < 1.29 is 23.9 Å². The van der Waals surface area contributed by atoms with Gasteiger partial charge in [0.05, 0.1) is 18.2 Å². The summed E-state index contributed by atoms with van der Waals surface area (Å²) < 4.78 is 9.83. The van der Waals surface area contributed by atoms with Crippen molar-refractivity contribution in [3.05, 3.63) is 76.5 Å². The van der Waals surface area contributed by atoms with Crippen LogP contribution >= 0.6 is 0 Å². The van der Waals surface area contributed by atoms with Crippen molar-refractivity contribution in [1.29, 1.82) is 0 Å². The fourth-order valence-electron chi connectivity index (χ4n) is 2.35. The molecule has 0 unspecified atom stereocenters. The summed E-state index contributed by atoms with van der Waals surface area (Å²) in [5.41, 5.74) is 1.24. The van der Waals surface area contributed by atoms with Crippen molar-refractivity contribution in [3.8, 4) is 0 Å². The highest BCUT2D eigenvalue weighted by molar-refractivity contribution is 6.19. The van der Waals surface area contributed by atoms with Gasteiger partial charge < -0.3 is 9.47 Å². The quantitative estimate of drug-likeness (QED) is 0.630. The fraction of sp³-hybridized carbons (Fsp3) is 0.0556. The van der Waals surface area contributed by atoms with Crippen molar-refractivity contribution >= 4 is 23.8 Å². The van der Waals surface area contributed by atoms with Crippen LogP contribution in [0.1, 0.15) is 36.6 Å². The SMILES string of the molecule is COC(=O)c1ccccc1/C=C1\OC(=O)c2ccccc2C1=O. The Morgan fingerprint density at radius 1 is 1.00 bits per heavy atom. The molecule has 0 saturated heterocycles. The zero-order chi connectivity index (χ0) is 16.4. The van der Waals surface area contributed by atoms with E-state index in [0.29, 0.717) is 5.56 Å². The number of carbonyl (C=O) groups excluding carboxylic acids is 3. The minimum absolute atomic E-state index is 0.120. The van der Waals surface area contributed by atoms with Crippen molar-refractivity contribution in [3.63, 3.8) is 0 Å². The van der Waals surface area contributed by atoms with E-state index < -0.39 is 17.7 Å². The van der Waals surface area contributed by atoms with E-state index in [1.165, 1.54) is 19.3 Å². The third kappa shape index (κ3) is 2.64. The maximum absolute atomic E-state index is 12.5. The molecule has 0 fully saturated rings. The molecule has 0 bridgehead atoms. The number of rotatable bonds is 2. The van der Waals surface area contributed by atoms with Crippen molar-refractivity contribution in [2.45, 2.75) is 0 Å². The van der Waals surface area contributed by atoms with Crippen LogP contribution in [0.25, 0.3) is 6.08 Å². The number of benzene rings is 2. The van der Waals surface area contributed by atoms with Gasteiger partial charge in [-0.05, 0) is 23.8 Å². The van der Waals surface area contributed by atoms with Gasteiger partial charge in [0.1, 0.15) is 0 Å². The van der Waals surface area contributed by atoms with Crippen LogP contribution < -0.4 is 0 Å². The van der Waals surface area contributed by atoms with Crippen LogP contribution in [0.2, 0.25) is 0 Å². The summed E-state index contributed by atoms with van der Waals surface area (Å²) in [7, 11) is 1.27. The van der Waals surface area contributed by atoms with Gasteiger partial charge in [0.2, 0.25) is 5.78 Å². The molecule has 0 spiro atoms. The van der Waals surface area contributed by atoms with E-state index in [9.17, 15) is 14.4 Å². The van der Waals surface area contributed by atoms with Gasteiger partial charge in [-0.1, -0.05) is 36.4 Å². The summed E-state index contributed by atoms with van der Waals surface area (Å²) in [5.74, 6) is -1.65. The smallest absolute Gasteiger partial charge is 0.344 e. The van der Waals surface area contributed by atoms with E-state index >= 15 is 0 Å². The Labute approximate surface area is 132 Å². The van der Waals surface area contributed by atoms with Gasteiger partial charge in [-0.2, -0.15) is 0 Å². The first-order chi connectivity index (χ1) is 11.1. The molecule has 0 atom stereocenters. The molecule has 3 rings (SSSR count). The maximum atomic E-state index is 12.5. The summed E-state index contributed by atoms with van der Waals surface area (Å²) in [6.45, 7) is 0. The molecule has 2 aromatic rings. The maximum Gasteiger partial charge on any atom is 0.344 e. The fourth-order valence-corrected chi connectivity index (χ4v) is 2.35. The first kappa shape index (κ1) is 14.7. The number of allylic oxidation sites excluding steroid dienone is 1. The van der Waals surface area contributed by atoms with E-state index in [-0.39, 0.29) is 22.4 Å². The topological polar surface area (TPSA) is 69.7 Å². The Kier molecular flexibility index (Phi) is 3.76. The van der Waals surface area contributed by atoms with Crippen molar-refractivity contribution in [2.24, 2.45) is 0 Å². The third-order valence-corrected chi connectivity index (χ3v) is 3.47. The Morgan fingerprint density at radius 2 is 1.65 bits per heavy atom. The van der Waals surface area contributed by atoms with Gasteiger partial charge in [0.15, 0.2) is 5.76 Å². The summed E-state index contributed by atoms with van der Waals surface area (Å²) in [5, 5.41) is 0. The van der Waals surface area contributed by atoms with Gasteiger partial charge in [-0.15, -0.1) is 0 Å². The summed E-state index contributed by atoms with van der Waals surface area (Å²) in [4.78, 5) is 36.2. The van der Waals surface area contributed by atoms with E-state index in [1.54, 1.807) is 42.5 Å². The van der Waals surface area contributed by atoms with Crippen LogP contribution in [0.15, 0.2) is 54.3 Å². The highest BCUT2D eigenvalue weighted by Crippen LogP contribution is 2.25. The molecule has 0 aliphatic carbocycles. The number of carbonyl (C=O) groups is 3. The molecule has 114 valence electrons. The van der Waals surface area contributed by atoms with Crippen LogP contribution in [0.5, 0.6) is 0 Å². The Hall–Kier alpha value is -3.21. The van der Waals surface area contributed by atoms with Gasteiger partial charge in [0, 0.05) is 5.56 Å². The van der Waals surface area contributed by atoms with Gasteiger partial charge in [-0.25, -0.2) is 9.59 Å². The van der Waals surface area contributed by atoms with Crippen LogP contribution in [-0.2, 0) is 9.47 Å². The van der Waals surface area contributed by atoms with Crippen molar-refractivity contribution in [1.82, 2.24) is 0 Å². The molecule has 0 amide bonds. The molecule has 2 aromatic carbocycles. The lowest BCUT2D eigenvalue weighted by atomic mass is 9.98. The molecule has 0 aromatic heterocycles. The van der Waals surface area contributed by atoms with Crippen LogP contribution in [-0.4, -0.2) is 24.8 Å². The van der Waals surface area contributed by atoms with Gasteiger partial charge in [-0.3, -0.25) is 4.79 Å². The highest BCUT2D eigenvalue weighted by Gasteiger charge is 2.29.